The van der Waals surface area contributed by atoms with Crippen LogP contribution in [0.15, 0.2) is 83.0 Å². The van der Waals surface area contributed by atoms with Crippen LogP contribution < -0.4 is 15.8 Å². The number of nitrogens with zero attached hydrogens (tertiary/aromatic N) is 2. The van der Waals surface area contributed by atoms with Crippen molar-refractivity contribution < 1.29 is 19.4 Å². The summed E-state index contributed by atoms with van der Waals surface area (Å²) in [6, 6.07) is 20.6. The number of azo groups is 1. The molecule has 0 atom stereocenters. The number of hydrogen-bond acceptors (Lipinski definition) is 6. The van der Waals surface area contributed by atoms with Crippen molar-refractivity contribution in [1.82, 2.24) is 0 Å². The first-order chi connectivity index (χ1) is 16.9. The van der Waals surface area contributed by atoms with Gasteiger partial charge < -0.3 is 20.9 Å². The Morgan fingerprint density at radius 2 is 1.74 bits per heavy atom. The zero-order chi connectivity index (χ0) is 24.9. The van der Waals surface area contributed by atoms with E-state index in [0.717, 1.165) is 10.9 Å². The molecule has 176 valence electrons. The molecule has 0 aromatic heterocycles. The summed E-state index contributed by atoms with van der Waals surface area (Å²) in [5.41, 5.74) is 7.76. The van der Waals surface area contributed by atoms with Gasteiger partial charge >= 0.3 is 0 Å². The predicted molar refractivity (Wildman–Crippen MR) is 135 cm³/mol. The van der Waals surface area contributed by atoms with Crippen LogP contribution in [0.5, 0.6) is 11.5 Å². The lowest BCUT2D eigenvalue weighted by Gasteiger charge is -2.14. The van der Waals surface area contributed by atoms with Gasteiger partial charge in [0.05, 0.1) is 23.5 Å². The molecule has 8 heteroatoms. The standard InChI is InChI=1S/C27H24N4O4/c1-3-35-23-7-5-4-6-22(23)29-27(34)21-15-18-14-16(2)8-13-20(18)24(25(21)32)31-30-19-11-9-17(10-12-19)26(28)33/h4-15,32H,3H2,1-2H3,(H2,28,33)(H,29,34). The number of amides is 2. The molecule has 0 radical (unpaired) electrons. The fourth-order valence-electron chi connectivity index (χ4n) is 3.61. The molecular weight excluding hydrogens is 444 g/mol. The van der Waals surface area contributed by atoms with Crippen LogP contribution in [-0.2, 0) is 0 Å². The monoisotopic (exact) mass is 468 g/mol. The van der Waals surface area contributed by atoms with E-state index in [-0.39, 0.29) is 17.0 Å². The van der Waals surface area contributed by atoms with E-state index in [1.165, 1.54) is 12.1 Å². The number of fused-ring (bicyclic) bond motifs is 1. The van der Waals surface area contributed by atoms with Crippen molar-refractivity contribution >= 4 is 39.6 Å². The van der Waals surface area contributed by atoms with E-state index < -0.39 is 11.8 Å². The summed E-state index contributed by atoms with van der Waals surface area (Å²) in [7, 11) is 0. The van der Waals surface area contributed by atoms with E-state index >= 15 is 0 Å². The Kier molecular flexibility index (Phi) is 6.73. The number of aryl methyl sites for hydroxylation is 1. The predicted octanol–water partition coefficient (Wildman–Crippen LogP) is 6.02. The summed E-state index contributed by atoms with van der Waals surface area (Å²) in [6.45, 7) is 4.24. The Hall–Kier alpha value is -4.72. The number of phenolic OH excluding ortho intramolecular Hbond substituents is 1. The quantitative estimate of drug-likeness (QED) is 0.287. The second kappa shape index (κ2) is 10.0. The topological polar surface area (TPSA) is 126 Å². The van der Waals surface area contributed by atoms with E-state index in [0.29, 0.717) is 34.7 Å². The van der Waals surface area contributed by atoms with Crippen LogP contribution in [0.2, 0.25) is 0 Å². The number of nitrogens with two attached hydrogens (primary N) is 1. The lowest BCUT2D eigenvalue weighted by Crippen LogP contribution is -2.13. The molecule has 4 N–H and O–H groups in total. The molecule has 0 saturated heterocycles. The average molecular weight is 469 g/mol. The number of nitrogens with one attached hydrogen (secondary N) is 1. The van der Waals surface area contributed by atoms with Crippen molar-refractivity contribution in [3.05, 3.63) is 89.5 Å². The van der Waals surface area contributed by atoms with Crippen LogP contribution in [0.3, 0.4) is 0 Å². The lowest BCUT2D eigenvalue weighted by molar-refractivity contribution is 0.0997. The molecule has 0 aliphatic carbocycles. The third-order valence-electron chi connectivity index (χ3n) is 5.34. The second-order valence-electron chi connectivity index (χ2n) is 7.84. The molecule has 0 aliphatic rings. The van der Waals surface area contributed by atoms with Crippen molar-refractivity contribution in [3.63, 3.8) is 0 Å². The lowest BCUT2D eigenvalue weighted by atomic mass is 10.0. The molecule has 2 amide bonds. The van der Waals surface area contributed by atoms with E-state index in [1.54, 1.807) is 36.4 Å². The van der Waals surface area contributed by atoms with Gasteiger partial charge in [-0.25, -0.2) is 0 Å². The minimum atomic E-state index is -0.544. The largest absolute Gasteiger partial charge is 0.505 e. The first kappa shape index (κ1) is 23.4. The average Bonchev–Trinajstić information content (AvgIpc) is 2.84. The fourth-order valence-corrected chi connectivity index (χ4v) is 3.61. The SMILES string of the molecule is CCOc1ccccc1NC(=O)c1cc2cc(C)ccc2c(N=Nc2ccc(C(N)=O)cc2)c1O. The molecule has 8 nitrogen and oxygen atoms in total. The number of benzene rings is 4. The van der Waals surface area contributed by atoms with Gasteiger partial charge in [0.1, 0.15) is 11.4 Å². The summed E-state index contributed by atoms with van der Waals surface area (Å²) in [6.07, 6.45) is 0. The first-order valence-corrected chi connectivity index (χ1v) is 11.0. The number of carbonyl (C=O) groups is 2. The van der Waals surface area contributed by atoms with Crippen LogP contribution in [-0.4, -0.2) is 23.5 Å². The molecule has 0 aliphatic heterocycles. The van der Waals surface area contributed by atoms with Crippen LogP contribution in [0.1, 0.15) is 33.2 Å². The second-order valence-corrected chi connectivity index (χ2v) is 7.84. The number of aromatic hydroxyl groups is 1. The van der Waals surface area contributed by atoms with Crippen LogP contribution in [0, 0.1) is 6.92 Å². The molecule has 0 heterocycles. The van der Waals surface area contributed by atoms with Gasteiger partial charge in [-0.1, -0.05) is 35.9 Å². The summed E-state index contributed by atoms with van der Waals surface area (Å²) in [5.74, 6) is -0.832. The Bertz CT molecular complexity index is 1450. The van der Waals surface area contributed by atoms with Crippen molar-refractivity contribution in [1.29, 1.82) is 0 Å². The molecule has 0 bridgehead atoms. The molecule has 0 spiro atoms. The van der Waals surface area contributed by atoms with Gasteiger partial charge in [-0.2, -0.15) is 5.11 Å². The third-order valence-corrected chi connectivity index (χ3v) is 5.34. The Balaban J connectivity index is 1.76. The van der Waals surface area contributed by atoms with Gasteiger partial charge in [-0.05, 0) is 61.7 Å². The number of ether oxygens (including phenoxy) is 1. The van der Waals surface area contributed by atoms with Gasteiger partial charge in [-0.15, -0.1) is 5.11 Å². The van der Waals surface area contributed by atoms with Crippen LogP contribution >= 0.6 is 0 Å². The maximum Gasteiger partial charge on any atom is 0.259 e. The van der Waals surface area contributed by atoms with Crippen molar-refractivity contribution in [3.8, 4) is 11.5 Å². The Labute approximate surface area is 202 Å². The van der Waals surface area contributed by atoms with Gasteiger partial charge in [-0.3, -0.25) is 9.59 Å². The molecule has 0 unspecified atom stereocenters. The molecule has 0 saturated carbocycles. The molecule has 4 rings (SSSR count). The molecular formula is C27H24N4O4. The normalized spacial score (nSPS) is 11.0. The highest BCUT2D eigenvalue weighted by molar-refractivity contribution is 6.12. The Morgan fingerprint density at radius 1 is 1.00 bits per heavy atom. The third kappa shape index (κ3) is 5.11. The van der Waals surface area contributed by atoms with E-state index in [9.17, 15) is 14.7 Å². The minimum Gasteiger partial charge on any atom is -0.505 e. The smallest absolute Gasteiger partial charge is 0.259 e. The Morgan fingerprint density at radius 3 is 2.46 bits per heavy atom. The van der Waals surface area contributed by atoms with Gasteiger partial charge in [0.15, 0.2) is 5.75 Å². The number of primary amides is 1. The summed E-state index contributed by atoms with van der Waals surface area (Å²) < 4.78 is 5.58. The summed E-state index contributed by atoms with van der Waals surface area (Å²) >= 11 is 0. The molecule has 35 heavy (non-hydrogen) atoms. The maximum absolute atomic E-state index is 13.2. The van der Waals surface area contributed by atoms with Gasteiger partial charge in [0.2, 0.25) is 5.91 Å². The number of phenols is 1. The van der Waals surface area contributed by atoms with Gasteiger partial charge in [0.25, 0.3) is 5.91 Å². The number of rotatable bonds is 7. The highest BCUT2D eigenvalue weighted by atomic mass is 16.5. The maximum atomic E-state index is 13.2. The van der Waals surface area contributed by atoms with E-state index in [2.05, 4.69) is 15.5 Å². The highest BCUT2D eigenvalue weighted by Gasteiger charge is 2.20. The number of para-hydroxylation sites is 2. The molecule has 0 fully saturated rings. The van der Waals surface area contributed by atoms with Gasteiger partial charge in [0, 0.05) is 10.9 Å². The van der Waals surface area contributed by atoms with E-state index in [4.69, 9.17) is 10.5 Å². The number of hydrogen-bond donors (Lipinski definition) is 3. The van der Waals surface area contributed by atoms with Crippen molar-refractivity contribution in [2.45, 2.75) is 13.8 Å². The van der Waals surface area contributed by atoms with Crippen LogP contribution in [0.25, 0.3) is 10.8 Å². The zero-order valence-electron chi connectivity index (χ0n) is 19.3. The number of anilines is 1. The van der Waals surface area contributed by atoms with E-state index in [1.807, 2.05) is 38.1 Å². The summed E-state index contributed by atoms with van der Waals surface area (Å²) in [4.78, 5) is 24.5. The first-order valence-electron chi connectivity index (χ1n) is 11.0. The summed E-state index contributed by atoms with van der Waals surface area (Å²) in [5, 5.41) is 23.7. The van der Waals surface area contributed by atoms with Crippen LogP contribution in [0.4, 0.5) is 17.1 Å². The highest BCUT2D eigenvalue weighted by Crippen LogP contribution is 2.40. The minimum absolute atomic E-state index is 0.0485. The fraction of sp³-hybridized carbons (Fsp3) is 0.111. The molecule has 4 aromatic carbocycles. The molecule has 4 aromatic rings. The van der Waals surface area contributed by atoms with Crippen molar-refractivity contribution in [2.24, 2.45) is 16.0 Å². The zero-order valence-corrected chi connectivity index (χ0v) is 19.3. The van der Waals surface area contributed by atoms with Crippen molar-refractivity contribution in [2.75, 3.05) is 11.9 Å². The number of carbonyl (C=O) groups excluding carboxylic acids is 2.